The molecule has 0 aliphatic carbocycles. The number of amides is 2. The number of rotatable bonds is 6. The summed E-state index contributed by atoms with van der Waals surface area (Å²) in [6.07, 6.45) is 3.84. The van der Waals surface area contributed by atoms with E-state index in [-0.39, 0.29) is 36.2 Å². The molecular weight excluding hydrogens is 459 g/mol. The highest BCUT2D eigenvalue weighted by Gasteiger charge is 2.30. The number of hydrogen-bond donors (Lipinski definition) is 2. The van der Waals surface area contributed by atoms with Gasteiger partial charge < -0.3 is 26.1 Å². The van der Waals surface area contributed by atoms with Crippen molar-refractivity contribution >= 4 is 11.7 Å². The summed E-state index contributed by atoms with van der Waals surface area (Å²) in [4.78, 5) is 21.2. The van der Waals surface area contributed by atoms with Crippen LogP contribution in [0.5, 0.6) is 5.75 Å². The number of nitrogens with one attached hydrogen (secondary N) is 1. The molecule has 1 fully saturated rings. The van der Waals surface area contributed by atoms with E-state index >= 15 is 0 Å². The Morgan fingerprint density at radius 3 is 2.89 bits per heavy atom. The van der Waals surface area contributed by atoms with E-state index in [1.54, 1.807) is 42.5 Å². The lowest BCUT2D eigenvalue weighted by atomic mass is 9.96. The molecule has 2 aliphatic heterocycles. The fourth-order valence-corrected chi connectivity index (χ4v) is 4.92. The SMILES string of the molecule is COc1cccc(F)c1CN1CC(NC(=O)N2CCC(N)=C(C(=[N-])c3ccnc(C)c3)C2)CCC1C. The maximum absolute atomic E-state index is 14.5. The maximum atomic E-state index is 14.5. The Morgan fingerprint density at radius 2 is 2.14 bits per heavy atom. The van der Waals surface area contributed by atoms with Gasteiger partial charge in [-0.3, -0.25) is 9.88 Å². The summed E-state index contributed by atoms with van der Waals surface area (Å²) >= 11 is 0. The van der Waals surface area contributed by atoms with Gasteiger partial charge in [0.25, 0.3) is 0 Å². The van der Waals surface area contributed by atoms with Gasteiger partial charge in [0.15, 0.2) is 0 Å². The van der Waals surface area contributed by atoms with Gasteiger partial charge in [-0.25, -0.2) is 9.18 Å². The molecule has 3 heterocycles. The van der Waals surface area contributed by atoms with Crippen LogP contribution >= 0.6 is 0 Å². The molecule has 1 aromatic carbocycles. The van der Waals surface area contributed by atoms with Crippen molar-refractivity contribution in [3.05, 3.63) is 75.8 Å². The van der Waals surface area contributed by atoms with Crippen molar-refractivity contribution in [2.75, 3.05) is 26.7 Å². The molecule has 3 N–H and O–H groups in total. The highest BCUT2D eigenvalue weighted by Crippen LogP contribution is 2.27. The first-order valence-corrected chi connectivity index (χ1v) is 12.3. The molecule has 2 aliphatic rings. The first kappa shape index (κ1) is 25.6. The normalized spacial score (nSPS) is 20.8. The molecule has 2 aromatic rings. The number of aromatic nitrogens is 1. The summed E-state index contributed by atoms with van der Waals surface area (Å²) in [6, 6.07) is 8.35. The van der Waals surface area contributed by atoms with Crippen LogP contribution in [0.25, 0.3) is 5.41 Å². The Bertz CT molecular complexity index is 1170. The van der Waals surface area contributed by atoms with E-state index in [0.717, 1.165) is 18.5 Å². The van der Waals surface area contributed by atoms with E-state index in [9.17, 15) is 14.6 Å². The highest BCUT2D eigenvalue weighted by molar-refractivity contribution is 6.15. The molecule has 8 nitrogen and oxygen atoms in total. The number of methoxy groups -OCH3 is 1. The summed E-state index contributed by atoms with van der Waals surface area (Å²) in [5, 5.41) is 14.0. The number of pyridine rings is 1. The Balaban J connectivity index is 1.40. The molecule has 2 unspecified atom stereocenters. The standard InChI is InChI=1S/C27H34FN6O2/c1-17-13-19(9-11-31-17)26(30)22-16-33(12-10-24(22)29)27(35)32-20-8-7-18(2)34(14-20)15-21-23(28)5-4-6-25(21)36-3/h4-6,9,11,13,18,20H,7-8,10,12,14-16,29H2,1-3H3,(H,32,35)/q-1. The predicted molar refractivity (Wildman–Crippen MR) is 138 cm³/mol. The summed E-state index contributed by atoms with van der Waals surface area (Å²) in [5.74, 6) is 0.234. The molecule has 0 bridgehead atoms. The number of aryl methyl sites for hydroxylation is 1. The van der Waals surface area contributed by atoms with Crippen molar-refractivity contribution in [1.29, 1.82) is 0 Å². The van der Waals surface area contributed by atoms with Gasteiger partial charge in [0.05, 0.1) is 7.11 Å². The number of hydrogen-bond acceptors (Lipinski definition) is 5. The lowest BCUT2D eigenvalue weighted by Crippen LogP contribution is -2.54. The number of carbonyl (C=O) groups is 1. The molecular formula is C27H34FN6O2-. The minimum absolute atomic E-state index is 0.0707. The first-order chi connectivity index (χ1) is 17.3. The third-order valence-electron chi connectivity index (χ3n) is 7.13. The molecule has 0 spiro atoms. The van der Waals surface area contributed by atoms with Gasteiger partial charge in [-0.2, -0.15) is 0 Å². The van der Waals surface area contributed by atoms with Gasteiger partial charge in [-0.05, 0) is 62.1 Å². The van der Waals surface area contributed by atoms with Gasteiger partial charge in [-0.1, -0.05) is 6.07 Å². The summed E-state index contributed by atoms with van der Waals surface area (Å²) < 4.78 is 19.9. The second kappa shape index (κ2) is 11.1. The average molecular weight is 494 g/mol. The highest BCUT2D eigenvalue weighted by atomic mass is 19.1. The summed E-state index contributed by atoms with van der Waals surface area (Å²) in [7, 11) is 1.54. The van der Waals surface area contributed by atoms with Gasteiger partial charge in [0, 0.05) is 67.8 Å². The summed E-state index contributed by atoms with van der Waals surface area (Å²) in [6.45, 7) is 5.69. The molecule has 0 radical (unpaired) electrons. The topological polar surface area (TPSA) is 106 Å². The van der Waals surface area contributed by atoms with Crippen molar-refractivity contribution in [1.82, 2.24) is 20.1 Å². The average Bonchev–Trinajstić information content (AvgIpc) is 2.87. The van der Waals surface area contributed by atoms with Crippen LogP contribution in [0.4, 0.5) is 9.18 Å². The van der Waals surface area contributed by atoms with Gasteiger partial charge in [0.2, 0.25) is 0 Å². The minimum Gasteiger partial charge on any atom is -0.803 e. The number of nitrogens with two attached hydrogens (primary N) is 1. The number of carbonyl (C=O) groups excluding carboxylic acids is 1. The Hall–Kier alpha value is -3.46. The number of nitrogens with zero attached hydrogens (tertiary/aromatic N) is 4. The summed E-state index contributed by atoms with van der Waals surface area (Å²) in [5.41, 5.74) is 9.38. The van der Waals surface area contributed by atoms with Gasteiger partial charge in [-0.15, -0.1) is 5.71 Å². The van der Waals surface area contributed by atoms with Crippen LogP contribution in [0.3, 0.4) is 0 Å². The van der Waals surface area contributed by atoms with Crippen LogP contribution in [0.15, 0.2) is 47.8 Å². The van der Waals surface area contributed by atoms with E-state index in [1.807, 2.05) is 6.92 Å². The van der Waals surface area contributed by atoms with Gasteiger partial charge >= 0.3 is 6.03 Å². The van der Waals surface area contributed by atoms with Crippen LogP contribution in [-0.4, -0.2) is 65.4 Å². The third-order valence-corrected chi connectivity index (χ3v) is 7.13. The second-order valence-corrected chi connectivity index (χ2v) is 9.63. The van der Waals surface area contributed by atoms with Crippen LogP contribution in [-0.2, 0) is 6.54 Å². The molecule has 36 heavy (non-hydrogen) atoms. The monoisotopic (exact) mass is 493 g/mol. The number of ether oxygens (including phenoxy) is 1. The maximum Gasteiger partial charge on any atom is 0.317 e. The number of piperidine rings is 1. The molecule has 4 rings (SSSR count). The molecule has 192 valence electrons. The Morgan fingerprint density at radius 1 is 1.33 bits per heavy atom. The molecule has 2 amide bonds. The smallest absolute Gasteiger partial charge is 0.317 e. The number of halogens is 1. The third kappa shape index (κ3) is 5.67. The lowest BCUT2D eigenvalue weighted by Gasteiger charge is -2.40. The van der Waals surface area contributed by atoms with E-state index in [0.29, 0.717) is 54.2 Å². The van der Waals surface area contributed by atoms with Gasteiger partial charge in [0.1, 0.15) is 11.6 Å². The fourth-order valence-electron chi connectivity index (χ4n) is 4.92. The zero-order chi connectivity index (χ0) is 25.8. The van der Waals surface area contributed by atoms with Crippen molar-refractivity contribution < 1.29 is 13.9 Å². The van der Waals surface area contributed by atoms with Crippen LogP contribution in [0.1, 0.15) is 43.0 Å². The lowest BCUT2D eigenvalue weighted by molar-refractivity contribution is 0.119. The molecule has 2 atom stereocenters. The fraction of sp³-hybridized carbons (Fsp3) is 0.444. The van der Waals surface area contributed by atoms with Crippen molar-refractivity contribution in [2.24, 2.45) is 5.73 Å². The Labute approximate surface area is 211 Å². The van der Waals surface area contributed by atoms with E-state index in [2.05, 4.69) is 22.1 Å². The molecule has 1 saturated heterocycles. The zero-order valence-electron chi connectivity index (χ0n) is 21.1. The largest absolute Gasteiger partial charge is 0.803 e. The molecule has 1 aromatic heterocycles. The van der Waals surface area contributed by atoms with Crippen LogP contribution < -0.4 is 15.8 Å². The number of benzene rings is 1. The number of urea groups is 1. The van der Waals surface area contributed by atoms with Crippen LogP contribution in [0, 0.1) is 12.7 Å². The predicted octanol–water partition coefficient (Wildman–Crippen LogP) is 3.58. The zero-order valence-corrected chi connectivity index (χ0v) is 21.1. The van der Waals surface area contributed by atoms with Crippen molar-refractivity contribution in [2.45, 2.75) is 51.7 Å². The molecule has 9 heteroatoms. The van der Waals surface area contributed by atoms with E-state index in [1.165, 1.54) is 6.07 Å². The Kier molecular flexibility index (Phi) is 7.88. The quantitative estimate of drug-likeness (QED) is 0.599. The van der Waals surface area contributed by atoms with E-state index in [4.69, 9.17) is 10.5 Å². The van der Waals surface area contributed by atoms with Crippen molar-refractivity contribution in [3.63, 3.8) is 0 Å². The minimum atomic E-state index is -0.293. The molecule has 0 saturated carbocycles. The van der Waals surface area contributed by atoms with Crippen molar-refractivity contribution in [3.8, 4) is 5.75 Å². The second-order valence-electron chi connectivity index (χ2n) is 9.63. The van der Waals surface area contributed by atoms with Crippen LogP contribution in [0.2, 0.25) is 0 Å². The first-order valence-electron chi connectivity index (χ1n) is 12.3. The van der Waals surface area contributed by atoms with E-state index < -0.39 is 0 Å². The number of likely N-dealkylation sites (tertiary alicyclic amines) is 1.